The van der Waals surface area contributed by atoms with Crippen molar-refractivity contribution in [3.63, 3.8) is 0 Å². The molecule has 1 atom stereocenters. The lowest BCUT2D eigenvalue weighted by Gasteiger charge is -2.44. The fourth-order valence-electron chi connectivity index (χ4n) is 2.33. The summed E-state index contributed by atoms with van der Waals surface area (Å²) in [5.41, 5.74) is 8.30. The molecule has 0 unspecified atom stereocenters. The number of nitrogens with two attached hydrogens (primary N) is 1. The zero-order chi connectivity index (χ0) is 13.3. The SMILES string of the molecule is C[C@H](N)c1ccc(N2CCOCC2(C)C)c(Br)c1. The van der Waals surface area contributed by atoms with Crippen LogP contribution in [-0.4, -0.2) is 25.3 Å². The molecule has 1 fully saturated rings. The van der Waals surface area contributed by atoms with Crippen molar-refractivity contribution in [1.29, 1.82) is 0 Å². The standard InChI is InChI=1S/C14H21BrN2O/c1-10(16)11-4-5-13(12(15)8-11)17-6-7-18-9-14(17,2)3/h4-5,8,10H,6-7,9,16H2,1-3H3/t10-/m0/s1. The third kappa shape index (κ3) is 2.71. The van der Waals surface area contributed by atoms with Gasteiger partial charge in [-0.1, -0.05) is 6.07 Å². The van der Waals surface area contributed by atoms with E-state index in [-0.39, 0.29) is 11.6 Å². The van der Waals surface area contributed by atoms with Crippen LogP contribution >= 0.6 is 15.9 Å². The van der Waals surface area contributed by atoms with Crippen molar-refractivity contribution in [2.45, 2.75) is 32.4 Å². The molecule has 1 saturated heterocycles. The Morgan fingerprint density at radius 2 is 2.17 bits per heavy atom. The van der Waals surface area contributed by atoms with Gasteiger partial charge in [-0.15, -0.1) is 0 Å². The first kappa shape index (κ1) is 13.8. The van der Waals surface area contributed by atoms with Crippen LogP contribution in [0.2, 0.25) is 0 Å². The van der Waals surface area contributed by atoms with Gasteiger partial charge >= 0.3 is 0 Å². The molecule has 1 aliphatic heterocycles. The van der Waals surface area contributed by atoms with E-state index < -0.39 is 0 Å². The lowest BCUT2D eigenvalue weighted by atomic mass is 10.0. The summed E-state index contributed by atoms with van der Waals surface area (Å²) >= 11 is 3.66. The smallest absolute Gasteiger partial charge is 0.0694 e. The van der Waals surface area contributed by atoms with Gasteiger partial charge in [0.1, 0.15) is 0 Å². The molecule has 0 aliphatic carbocycles. The van der Waals surface area contributed by atoms with Crippen molar-refractivity contribution in [1.82, 2.24) is 0 Å². The van der Waals surface area contributed by atoms with E-state index in [9.17, 15) is 0 Å². The minimum Gasteiger partial charge on any atom is -0.377 e. The summed E-state index contributed by atoms with van der Waals surface area (Å²) < 4.78 is 6.67. The summed E-state index contributed by atoms with van der Waals surface area (Å²) in [6, 6.07) is 6.44. The number of halogens is 1. The minimum absolute atomic E-state index is 0.0244. The average Bonchev–Trinajstić information content (AvgIpc) is 2.29. The minimum atomic E-state index is 0.0244. The summed E-state index contributed by atoms with van der Waals surface area (Å²) in [4.78, 5) is 2.39. The zero-order valence-corrected chi connectivity index (χ0v) is 12.8. The van der Waals surface area contributed by atoms with Gasteiger partial charge in [-0.05, 0) is 54.4 Å². The molecule has 0 spiro atoms. The van der Waals surface area contributed by atoms with Crippen LogP contribution in [0, 0.1) is 0 Å². The number of morpholine rings is 1. The fraction of sp³-hybridized carbons (Fsp3) is 0.571. The third-order valence-corrected chi connectivity index (χ3v) is 4.07. The molecular weight excluding hydrogens is 292 g/mol. The molecular formula is C14H21BrN2O. The third-order valence-electron chi connectivity index (χ3n) is 3.43. The molecule has 0 aromatic heterocycles. The highest BCUT2D eigenvalue weighted by Gasteiger charge is 2.31. The van der Waals surface area contributed by atoms with E-state index in [1.165, 1.54) is 5.69 Å². The van der Waals surface area contributed by atoms with Crippen molar-refractivity contribution in [2.75, 3.05) is 24.7 Å². The molecule has 18 heavy (non-hydrogen) atoms. The van der Waals surface area contributed by atoms with E-state index >= 15 is 0 Å². The van der Waals surface area contributed by atoms with Crippen molar-refractivity contribution >= 4 is 21.6 Å². The molecule has 100 valence electrons. The molecule has 1 aliphatic rings. The summed E-state index contributed by atoms with van der Waals surface area (Å²) in [6.45, 7) is 8.87. The topological polar surface area (TPSA) is 38.5 Å². The van der Waals surface area contributed by atoms with E-state index in [2.05, 4.69) is 52.9 Å². The highest BCUT2D eigenvalue weighted by molar-refractivity contribution is 9.10. The number of hydrogen-bond acceptors (Lipinski definition) is 3. The highest BCUT2D eigenvalue weighted by atomic mass is 79.9. The quantitative estimate of drug-likeness (QED) is 0.912. The summed E-state index contributed by atoms with van der Waals surface area (Å²) in [7, 11) is 0. The first-order valence-corrected chi connectivity index (χ1v) is 7.11. The van der Waals surface area contributed by atoms with Gasteiger partial charge in [-0.3, -0.25) is 0 Å². The van der Waals surface area contributed by atoms with Gasteiger partial charge in [0.2, 0.25) is 0 Å². The molecule has 4 heteroatoms. The second-order valence-corrected chi connectivity index (χ2v) is 6.37. The normalized spacial score (nSPS) is 20.8. The summed E-state index contributed by atoms with van der Waals surface area (Å²) in [5.74, 6) is 0. The van der Waals surface area contributed by atoms with Crippen LogP contribution in [0.15, 0.2) is 22.7 Å². The van der Waals surface area contributed by atoms with Crippen molar-refractivity contribution in [3.05, 3.63) is 28.2 Å². The molecule has 0 amide bonds. The van der Waals surface area contributed by atoms with Gasteiger partial charge in [0.15, 0.2) is 0 Å². The van der Waals surface area contributed by atoms with Crippen LogP contribution in [0.1, 0.15) is 32.4 Å². The van der Waals surface area contributed by atoms with Crippen LogP contribution < -0.4 is 10.6 Å². The first-order valence-electron chi connectivity index (χ1n) is 6.32. The monoisotopic (exact) mass is 312 g/mol. The van der Waals surface area contributed by atoms with Gasteiger partial charge < -0.3 is 15.4 Å². The molecule has 2 rings (SSSR count). The maximum absolute atomic E-state index is 5.91. The van der Waals surface area contributed by atoms with Crippen LogP contribution in [-0.2, 0) is 4.74 Å². The number of nitrogens with zero attached hydrogens (tertiary/aromatic N) is 1. The number of anilines is 1. The second-order valence-electron chi connectivity index (χ2n) is 5.52. The Morgan fingerprint density at radius 3 is 2.72 bits per heavy atom. The highest BCUT2D eigenvalue weighted by Crippen LogP contribution is 2.34. The molecule has 1 aromatic rings. The maximum atomic E-state index is 5.91. The lowest BCUT2D eigenvalue weighted by Crippen LogP contribution is -2.53. The maximum Gasteiger partial charge on any atom is 0.0694 e. The Bertz CT molecular complexity index is 432. The van der Waals surface area contributed by atoms with Crippen LogP contribution in [0.3, 0.4) is 0 Å². The summed E-state index contributed by atoms with van der Waals surface area (Å²) in [6.07, 6.45) is 0. The van der Waals surface area contributed by atoms with E-state index in [1.54, 1.807) is 0 Å². The van der Waals surface area contributed by atoms with Crippen molar-refractivity contribution < 1.29 is 4.74 Å². The van der Waals surface area contributed by atoms with Gasteiger partial charge in [0, 0.05) is 17.1 Å². The average molecular weight is 313 g/mol. The lowest BCUT2D eigenvalue weighted by molar-refractivity contribution is 0.0643. The molecule has 0 bridgehead atoms. The molecule has 1 heterocycles. The Morgan fingerprint density at radius 1 is 1.44 bits per heavy atom. The number of benzene rings is 1. The predicted molar refractivity (Wildman–Crippen MR) is 79.0 cm³/mol. The van der Waals surface area contributed by atoms with E-state index in [0.29, 0.717) is 0 Å². The fourth-order valence-corrected chi connectivity index (χ4v) is 2.94. The Balaban J connectivity index is 2.33. The predicted octanol–water partition coefficient (Wildman–Crippen LogP) is 3.08. The van der Waals surface area contributed by atoms with E-state index in [1.807, 2.05) is 6.92 Å². The zero-order valence-electron chi connectivity index (χ0n) is 11.2. The molecule has 3 nitrogen and oxygen atoms in total. The van der Waals surface area contributed by atoms with Gasteiger partial charge in [0.25, 0.3) is 0 Å². The van der Waals surface area contributed by atoms with Crippen molar-refractivity contribution in [2.24, 2.45) is 5.73 Å². The molecule has 1 aromatic carbocycles. The second kappa shape index (κ2) is 5.19. The number of ether oxygens (including phenoxy) is 1. The van der Waals surface area contributed by atoms with Gasteiger partial charge in [0.05, 0.1) is 24.4 Å². The van der Waals surface area contributed by atoms with Gasteiger partial charge in [-0.2, -0.15) is 0 Å². The number of hydrogen-bond donors (Lipinski definition) is 1. The van der Waals surface area contributed by atoms with Gasteiger partial charge in [-0.25, -0.2) is 0 Å². The van der Waals surface area contributed by atoms with E-state index in [4.69, 9.17) is 10.5 Å². The Labute approximate surface area is 117 Å². The molecule has 0 radical (unpaired) electrons. The van der Waals surface area contributed by atoms with Crippen LogP contribution in [0.5, 0.6) is 0 Å². The molecule has 2 N–H and O–H groups in total. The van der Waals surface area contributed by atoms with E-state index in [0.717, 1.165) is 29.8 Å². The van der Waals surface area contributed by atoms with Crippen LogP contribution in [0.4, 0.5) is 5.69 Å². The Kier molecular flexibility index (Phi) is 3.99. The van der Waals surface area contributed by atoms with Crippen LogP contribution in [0.25, 0.3) is 0 Å². The summed E-state index contributed by atoms with van der Waals surface area (Å²) in [5, 5.41) is 0. The molecule has 0 saturated carbocycles. The number of rotatable bonds is 2. The Hall–Kier alpha value is -0.580. The largest absolute Gasteiger partial charge is 0.377 e. The van der Waals surface area contributed by atoms with Crippen molar-refractivity contribution in [3.8, 4) is 0 Å². The first-order chi connectivity index (χ1) is 8.42.